The van der Waals surface area contributed by atoms with Crippen molar-refractivity contribution in [1.82, 2.24) is 10.3 Å². The van der Waals surface area contributed by atoms with Crippen molar-refractivity contribution < 1.29 is 9.90 Å². The molecule has 2 aromatic rings. The molecule has 0 fully saturated rings. The number of hydrogen-bond donors (Lipinski definition) is 2. The molecule has 1 heterocycles. The van der Waals surface area contributed by atoms with E-state index >= 15 is 0 Å². The number of benzene rings is 1. The molecule has 2 rings (SSSR count). The van der Waals surface area contributed by atoms with Gasteiger partial charge in [0.25, 0.3) is 5.91 Å². The standard InChI is InChI=1S/C16H20N2O2S/c1-3-4-14(19)9-17-15(20)12-5-7-13(8-6-12)16-18-11(2)10-21-16/h5-8,10,14,19H,3-4,9H2,1-2H3,(H,17,20). The molecule has 1 aromatic heterocycles. The highest BCUT2D eigenvalue weighted by Crippen LogP contribution is 2.23. The lowest BCUT2D eigenvalue weighted by Gasteiger charge is -2.10. The molecule has 0 aliphatic carbocycles. The number of aryl methyl sites for hydroxylation is 1. The van der Waals surface area contributed by atoms with E-state index in [1.165, 1.54) is 0 Å². The number of hydrogen-bond acceptors (Lipinski definition) is 4. The molecule has 2 N–H and O–H groups in total. The van der Waals surface area contributed by atoms with E-state index in [0.717, 1.165) is 22.7 Å². The van der Waals surface area contributed by atoms with Crippen LogP contribution in [-0.2, 0) is 0 Å². The number of nitrogens with zero attached hydrogens (tertiary/aromatic N) is 1. The van der Waals surface area contributed by atoms with E-state index < -0.39 is 6.10 Å². The molecular formula is C16H20N2O2S. The van der Waals surface area contributed by atoms with Crippen molar-refractivity contribution in [3.8, 4) is 10.6 Å². The third kappa shape index (κ3) is 4.37. The third-order valence-corrected chi connectivity index (χ3v) is 4.14. The van der Waals surface area contributed by atoms with Crippen molar-refractivity contribution in [2.24, 2.45) is 0 Å². The van der Waals surface area contributed by atoms with Gasteiger partial charge in [0.05, 0.1) is 6.10 Å². The van der Waals surface area contributed by atoms with Gasteiger partial charge in [0.2, 0.25) is 0 Å². The van der Waals surface area contributed by atoms with Crippen LogP contribution < -0.4 is 5.32 Å². The van der Waals surface area contributed by atoms with Crippen LogP contribution in [-0.4, -0.2) is 28.6 Å². The zero-order valence-corrected chi connectivity index (χ0v) is 13.1. The van der Waals surface area contributed by atoms with Gasteiger partial charge in [0.15, 0.2) is 0 Å². The van der Waals surface area contributed by atoms with Gasteiger partial charge in [-0.2, -0.15) is 0 Å². The SMILES string of the molecule is CCCC(O)CNC(=O)c1ccc(-c2nc(C)cs2)cc1. The Balaban J connectivity index is 1.97. The molecule has 0 radical (unpaired) electrons. The molecule has 112 valence electrons. The first-order valence-electron chi connectivity index (χ1n) is 7.09. The first-order valence-corrected chi connectivity index (χ1v) is 7.97. The average molecular weight is 304 g/mol. The van der Waals surface area contributed by atoms with Gasteiger partial charge in [-0.3, -0.25) is 4.79 Å². The van der Waals surface area contributed by atoms with Gasteiger partial charge in [-0.05, 0) is 25.5 Å². The van der Waals surface area contributed by atoms with Gasteiger partial charge in [-0.15, -0.1) is 11.3 Å². The van der Waals surface area contributed by atoms with Gasteiger partial charge < -0.3 is 10.4 Å². The Kier molecular flexibility index (Phi) is 5.47. The summed E-state index contributed by atoms with van der Waals surface area (Å²) in [5.74, 6) is -0.160. The molecule has 1 aromatic carbocycles. The molecule has 0 bridgehead atoms. The lowest BCUT2D eigenvalue weighted by Crippen LogP contribution is -2.31. The van der Waals surface area contributed by atoms with Crippen molar-refractivity contribution in [1.29, 1.82) is 0 Å². The van der Waals surface area contributed by atoms with E-state index in [4.69, 9.17) is 0 Å². The van der Waals surface area contributed by atoms with Crippen LogP contribution in [0.2, 0.25) is 0 Å². The molecule has 0 saturated carbocycles. The van der Waals surface area contributed by atoms with Crippen molar-refractivity contribution >= 4 is 17.2 Å². The quantitative estimate of drug-likeness (QED) is 0.862. The predicted molar refractivity (Wildman–Crippen MR) is 85.5 cm³/mol. The molecule has 1 atom stereocenters. The van der Waals surface area contributed by atoms with Crippen LogP contribution in [0.4, 0.5) is 0 Å². The summed E-state index contributed by atoms with van der Waals surface area (Å²) < 4.78 is 0. The second-order valence-electron chi connectivity index (χ2n) is 5.02. The fourth-order valence-electron chi connectivity index (χ4n) is 2.00. The van der Waals surface area contributed by atoms with E-state index in [2.05, 4.69) is 10.3 Å². The van der Waals surface area contributed by atoms with E-state index in [0.29, 0.717) is 18.5 Å². The minimum atomic E-state index is -0.475. The lowest BCUT2D eigenvalue weighted by molar-refractivity contribution is 0.0910. The zero-order chi connectivity index (χ0) is 15.2. The number of aromatic nitrogens is 1. The normalized spacial score (nSPS) is 12.1. The third-order valence-electron chi connectivity index (χ3n) is 3.13. The Labute approximate surface area is 128 Å². The minimum Gasteiger partial charge on any atom is -0.391 e. The van der Waals surface area contributed by atoms with Crippen molar-refractivity contribution in [2.75, 3.05) is 6.54 Å². The largest absolute Gasteiger partial charge is 0.391 e. The van der Waals surface area contributed by atoms with E-state index in [-0.39, 0.29) is 5.91 Å². The average Bonchev–Trinajstić information content (AvgIpc) is 2.92. The summed E-state index contributed by atoms with van der Waals surface area (Å²) in [5.41, 5.74) is 2.60. The zero-order valence-electron chi connectivity index (χ0n) is 12.3. The van der Waals surface area contributed by atoms with Gasteiger partial charge in [-0.25, -0.2) is 4.98 Å². The summed E-state index contributed by atoms with van der Waals surface area (Å²) in [6.45, 7) is 4.26. The number of amides is 1. The maximum atomic E-state index is 12.0. The summed E-state index contributed by atoms with van der Waals surface area (Å²) in [4.78, 5) is 16.4. The van der Waals surface area contributed by atoms with Gasteiger partial charge in [0.1, 0.15) is 5.01 Å². The fraction of sp³-hybridized carbons (Fsp3) is 0.375. The minimum absolute atomic E-state index is 0.160. The highest BCUT2D eigenvalue weighted by atomic mass is 32.1. The van der Waals surface area contributed by atoms with Gasteiger partial charge >= 0.3 is 0 Å². The van der Waals surface area contributed by atoms with Crippen LogP contribution >= 0.6 is 11.3 Å². The monoisotopic (exact) mass is 304 g/mol. The molecule has 0 spiro atoms. The van der Waals surface area contributed by atoms with Gasteiger partial charge in [0, 0.05) is 28.7 Å². The fourth-order valence-corrected chi connectivity index (χ4v) is 2.80. The van der Waals surface area contributed by atoms with E-state index in [9.17, 15) is 9.90 Å². The Morgan fingerprint density at radius 1 is 1.38 bits per heavy atom. The number of aliphatic hydroxyl groups excluding tert-OH is 1. The topological polar surface area (TPSA) is 62.2 Å². The molecule has 21 heavy (non-hydrogen) atoms. The Bertz CT molecular complexity index is 593. The highest BCUT2D eigenvalue weighted by molar-refractivity contribution is 7.13. The molecule has 1 amide bonds. The Hall–Kier alpha value is -1.72. The van der Waals surface area contributed by atoms with Crippen LogP contribution in [0.3, 0.4) is 0 Å². The summed E-state index contributed by atoms with van der Waals surface area (Å²) in [6.07, 6.45) is 1.12. The highest BCUT2D eigenvalue weighted by Gasteiger charge is 2.09. The molecule has 1 unspecified atom stereocenters. The smallest absolute Gasteiger partial charge is 0.251 e. The molecule has 5 heteroatoms. The molecule has 0 saturated heterocycles. The van der Waals surface area contributed by atoms with Crippen LogP contribution in [0.15, 0.2) is 29.6 Å². The summed E-state index contributed by atoms with van der Waals surface area (Å²) in [7, 11) is 0. The van der Waals surface area contributed by atoms with Crippen LogP contribution in [0.1, 0.15) is 35.8 Å². The summed E-state index contributed by atoms with van der Waals surface area (Å²) >= 11 is 1.59. The van der Waals surface area contributed by atoms with Crippen molar-refractivity contribution in [3.05, 3.63) is 40.9 Å². The lowest BCUT2D eigenvalue weighted by atomic mass is 10.1. The van der Waals surface area contributed by atoms with Gasteiger partial charge in [-0.1, -0.05) is 25.5 Å². The Morgan fingerprint density at radius 2 is 2.10 bits per heavy atom. The molecule has 0 aliphatic heterocycles. The molecular weight excluding hydrogens is 284 g/mol. The van der Waals surface area contributed by atoms with Crippen LogP contribution in [0, 0.1) is 6.92 Å². The number of rotatable bonds is 6. The van der Waals surface area contributed by atoms with Crippen LogP contribution in [0.25, 0.3) is 10.6 Å². The maximum absolute atomic E-state index is 12.0. The summed E-state index contributed by atoms with van der Waals surface area (Å²) in [6, 6.07) is 7.37. The first-order chi connectivity index (χ1) is 10.1. The second kappa shape index (κ2) is 7.33. The van der Waals surface area contributed by atoms with Crippen molar-refractivity contribution in [3.63, 3.8) is 0 Å². The van der Waals surface area contributed by atoms with E-state index in [1.54, 1.807) is 23.5 Å². The Morgan fingerprint density at radius 3 is 2.67 bits per heavy atom. The van der Waals surface area contributed by atoms with Crippen LogP contribution in [0.5, 0.6) is 0 Å². The number of nitrogens with one attached hydrogen (secondary N) is 1. The second-order valence-corrected chi connectivity index (χ2v) is 5.88. The predicted octanol–water partition coefficient (Wildman–Crippen LogP) is 3.01. The maximum Gasteiger partial charge on any atom is 0.251 e. The van der Waals surface area contributed by atoms with E-state index in [1.807, 2.05) is 31.4 Å². The number of carbonyl (C=O) groups is 1. The number of carbonyl (C=O) groups excluding carboxylic acids is 1. The number of thiazole rings is 1. The molecule has 0 aliphatic rings. The summed E-state index contributed by atoms with van der Waals surface area (Å²) in [5, 5.41) is 15.3. The number of aliphatic hydroxyl groups is 1. The van der Waals surface area contributed by atoms with Crippen molar-refractivity contribution in [2.45, 2.75) is 32.8 Å². The molecule has 4 nitrogen and oxygen atoms in total. The first kappa shape index (κ1) is 15.7.